The van der Waals surface area contributed by atoms with Gasteiger partial charge in [-0.3, -0.25) is 14.9 Å². The first-order chi connectivity index (χ1) is 9.86. The van der Waals surface area contributed by atoms with E-state index in [0.717, 1.165) is 17.0 Å². The van der Waals surface area contributed by atoms with Crippen LogP contribution in [0.15, 0.2) is 18.2 Å². The molecule has 21 heavy (non-hydrogen) atoms. The molecule has 3 N–H and O–H groups in total. The van der Waals surface area contributed by atoms with E-state index in [1.807, 2.05) is 5.32 Å². The number of nitrogens with zero attached hydrogens (tertiary/aromatic N) is 1. The molecule has 0 spiro atoms. The Labute approximate surface area is 117 Å². The molecule has 1 aromatic rings. The fraction of sp³-hybridized carbons (Fsp3) is 0.167. The van der Waals surface area contributed by atoms with Crippen molar-refractivity contribution in [2.75, 3.05) is 18.4 Å². The Hall–Kier alpha value is -2.97. The van der Waals surface area contributed by atoms with Crippen LogP contribution in [-0.4, -0.2) is 46.9 Å². The highest BCUT2D eigenvalue weighted by Gasteiger charge is 2.26. The number of amides is 4. The van der Waals surface area contributed by atoms with E-state index >= 15 is 0 Å². The number of carboxylic acid groups (broad SMARTS) is 1. The lowest BCUT2D eigenvalue weighted by Crippen LogP contribution is -2.54. The summed E-state index contributed by atoms with van der Waals surface area (Å²) in [6.07, 6.45) is 0. The van der Waals surface area contributed by atoms with Crippen LogP contribution in [0.1, 0.15) is 10.4 Å². The zero-order valence-electron chi connectivity index (χ0n) is 10.6. The number of carboxylic acids is 1. The van der Waals surface area contributed by atoms with E-state index in [1.165, 1.54) is 6.07 Å². The fourth-order valence-electron chi connectivity index (χ4n) is 1.75. The minimum atomic E-state index is -1.43. The third-order valence-electron chi connectivity index (χ3n) is 2.69. The Morgan fingerprint density at radius 2 is 1.86 bits per heavy atom. The summed E-state index contributed by atoms with van der Waals surface area (Å²) in [5.41, 5.74) is -0.513. The maximum atomic E-state index is 13.5. The van der Waals surface area contributed by atoms with Crippen molar-refractivity contribution in [2.45, 2.75) is 0 Å². The normalized spacial score (nSPS) is 14.6. The number of carbonyl (C=O) groups excluding carboxylic acids is 3. The van der Waals surface area contributed by atoms with Gasteiger partial charge >= 0.3 is 12.0 Å². The molecule has 0 atom stereocenters. The van der Waals surface area contributed by atoms with Crippen molar-refractivity contribution in [1.82, 2.24) is 10.2 Å². The minimum absolute atomic E-state index is 0.0148. The minimum Gasteiger partial charge on any atom is -0.478 e. The van der Waals surface area contributed by atoms with Crippen LogP contribution in [0.5, 0.6) is 0 Å². The number of carbonyl (C=O) groups is 4. The quantitative estimate of drug-likeness (QED) is 0.665. The molecule has 1 fully saturated rings. The predicted octanol–water partition coefficient (Wildman–Crippen LogP) is 0.0142. The first-order valence-electron chi connectivity index (χ1n) is 5.78. The van der Waals surface area contributed by atoms with E-state index in [1.54, 1.807) is 0 Å². The van der Waals surface area contributed by atoms with Crippen molar-refractivity contribution in [3.8, 4) is 0 Å². The highest BCUT2D eigenvalue weighted by atomic mass is 19.1. The van der Waals surface area contributed by atoms with Gasteiger partial charge in [-0.05, 0) is 18.2 Å². The second-order valence-electron chi connectivity index (χ2n) is 4.26. The van der Waals surface area contributed by atoms with E-state index in [-0.39, 0.29) is 18.8 Å². The number of rotatable bonds is 2. The van der Waals surface area contributed by atoms with Gasteiger partial charge in [0.15, 0.2) is 0 Å². The molecule has 4 amide bonds. The van der Waals surface area contributed by atoms with Crippen molar-refractivity contribution >= 4 is 29.5 Å². The van der Waals surface area contributed by atoms with Gasteiger partial charge in [-0.15, -0.1) is 0 Å². The summed E-state index contributed by atoms with van der Waals surface area (Å²) < 4.78 is 13.5. The number of piperazine rings is 1. The first kappa shape index (κ1) is 14.4. The summed E-state index contributed by atoms with van der Waals surface area (Å²) in [6, 6.07) is 2.28. The third-order valence-corrected chi connectivity index (χ3v) is 2.69. The lowest BCUT2D eigenvalue weighted by atomic mass is 10.2. The van der Waals surface area contributed by atoms with Gasteiger partial charge in [0.1, 0.15) is 18.9 Å². The molecule has 8 nitrogen and oxygen atoms in total. The van der Waals surface area contributed by atoms with Crippen LogP contribution in [0, 0.1) is 5.82 Å². The van der Waals surface area contributed by atoms with Crippen molar-refractivity contribution in [1.29, 1.82) is 0 Å². The molecule has 0 bridgehead atoms. The van der Waals surface area contributed by atoms with E-state index < -0.39 is 35.2 Å². The van der Waals surface area contributed by atoms with Gasteiger partial charge in [-0.2, -0.15) is 0 Å². The van der Waals surface area contributed by atoms with Crippen LogP contribution in [0.2, 0.25) is 0 Å². The predicted molar refractivity (Wildman–Crippen MR) is 67.1 cm³/mol. The average molecular weight is 295 g/mol. The number of anilines is 1. The first-order valence-corrected chi connectivity index (χ1v) is 5.78. The highest BCUT2D eigenvalue weighted by molar-refractivity contribution is 6.04. The molecule has 1 heterocycles. The molecule has 9 heteroatoms. The fourth-order valence-corrected chi connectivity index (χ4v) is 1.75. The molecule has 0 aromatic heterocycles. The SMILES string of the molecule is O=C1CN(C(=O)Nc2ccc(C(=O)O)c(F)c2)CC(=O)N1. The van der Waals surface area contributed by atoms with E-state index in [9.17, 15) is 23.6 Å². The van der Waals surface area contributed by atoms with Crippen LogP contribution in [-0.2, 0) is 9.59 Å². The van der Waals surface area contributed by atoms with Gasteiger partial charge in [-0.25, -0.2) is 14.0 Å². The Morgan fingerprint density at radius 3 is 2.38 bits per heavy atom. The van der Waals surface area contributed by atoms with E-state index in [2.05, 4.69) is 5.32 Å². The third kappa shape index (κ3) is 3.32. The number of benzene rings is 1. The monoisotopic (exact) mass is 295 g/mol. The molecule has 0 saturated carbocycles. The summed E-state index contributed by atoms with van der Waals surface area (Å²) in [5.74, 6) is -3.67. The molecule has 0 unspecified atom stereocenters. The van der Waals surface area contributed by atoms with Crippen LogP contribution in [0.25, 0.3) is 0 Å². The number of hydrogen-bond donors (Lipinski definition) is 3. The van der Waals surface area contributed by atoms with Crippen LogP contribution in [0.3, 0.4) is 0 Å². The Kier molecular flexibility index (Phi) is 3.83. The zero-order chi connectivity index (χ0) is 15.6. The number of nitrogens with one attached hydrogen (secondary N) is 2. The van der Waals surface area contributed by atoms with Gasteiger partial charge in [0.05, 0.1) is 5.56 Å². The van der Waals surface area contributed by atoms with Crippen molar-refractivity contribution in [3.05, 3.63) is 29.6 Å². The Bertz CT molecular complexity index is 630. The second kappa shape index (κ2) is 5.57. The molecule has 1 aromatic carbocycles. The molecule has 0 aliphatic carbocycles. The largest absolute Gasteiger partial charge is 0.478 e. The van der Waals surface area contributed by atoms with E-state index in [0.29, 0.717) is 0 Å². The van der Waals surface area contributed by atoms with Crippen molar-refractivity contribution < 1.29 is 28.7 Å². The smallest absolute Gasteiger partial charge is 0.338 e. The summed E-state index contributed by atoms with van der Waals surface area (Å²) in [5, 5.41) is 13.0. The summed E-state index contributed by atoms with van der Waals surface area (Å²) in [4.78, 5) is 45.7. The maximum absolute atomic E-state index is 13.5. The molecular formula is C12H10FN3O5. The number of aromatic carboxylic acids is 1. The Morgan fingerprint density at radius 1 is 1.24 bits per heavy atom. The Balaban J connectivity index is 2.09. The lowest BCUT2D eigenvalue weighted by molar-refractivity contribution is -0.134. The summed E-state index contributed by atoms with van der Waals surface area (Å²) >= 11 is 0. The molecule has 1 aliphatic rings. The van der Waals surface area contributed by atoms with Gasteiger partial charge < -0.3 is 15.3 Å². The van der Waals surface area contributed by atoms with Crippen molar-refractivity contribution in [2.24, 2.45) is 0 Å². The number of imide groups is 1. The van der Waals surface area contributed by atoms with Crippen molar-refractivity contribution in [3.63, 3.8) is 0 Å². The van der Waals surface area contributed by atoms with Crippen LogP contribution in [0.4, 0.5) is 14.9 Å². The molecule has 1 aliphatic heterocycles. The molecule has 110 valence electrons. The maximum Gasteiger partial charge on any atom is 0.338 e. The number of hydrogen-bond acceptors (Lipinski definition) is 4. The van der Waals surface area contributed by atoms with Crippen LogP contribution < -0.4 is 10.6 Å². The number of urea groups is 1. The molecular weight excluding hydrogens is 285 g/mol. The summed E-state index contributed by atoms with van der Waals surface area (Å²) in [7, 11) is 0. The zero-order valence-corrected chi connectivity index (χ0v) is 10.6. The molecule has 2 rings (SSSR count). The summed E-state index contributed by atoms with van der Waals surface area (Å²) in [6.45, 7) is -0.597. The number of halogens is 1. The van der Waals surface area contributed by atoms with E-state index in [4.69, 9.17) is 5.11 Å². The highest BCUT2D eigenvalue weighted by Crippen LogP contribution is 2.15. The van der Waals surface area contributed by atoms with Gasteiger partial charge in [-0.1, -0.05) is 0 Å². The topological polar surface area (TPSA) is 116 Å². The average Bonchev–Trinajstić information content (AvgIpc) is 2.37. The van der Waals surface area contributed by atoms with Gasteiger partial charge in [0.2, 0.25) is 11.8 Å². The van der Waals surface area contributed by atoms with Gasteiger partial charge in [0, 0.05) is 5.69 Å². The lowest BCUT2D eigenvalue weighted by Gasteiger charge is -2.25. The molecule has 1 saturated heterocycles. The van der Waals surface area contributed by atoms with Gasteiger partial charge in [0.25, 0.3) is 0 Å². The second-order valence-corrected chi connectivity index (χ2v) is 4.26. The molecule has 0 radical (unpaired) electrons. The van der Waals surface area contributed by atoms with Crippen LogP contribution >= 0.6 is 0 Å². The standard InChI is InChI=1S/C12H10FN3O5/c13-8-3-6(1-2-7(8)11(19)20)14-12(21)16-4-9(17)15-10(18)5-16/h1-3H,4-5H2,(H,14,21)(H,19,20)(H,15,17,18).